The van der Waals surface area contributed by atoms with Crippen LogP contribution in [0.5, 0.6) is 0 Å². The summed E-state index contributed by atoms with van der Waals surface area (Å²) in [4.78, 5) is 13.1. The Morgan fingerprint density at radius 1 is 1.07 bits per heavy atom. The average Bonchev–Trinajstić information content (AvgIpc) is 2.67. The highest BCUT2D eigenvalue weighted by atomic mass is 16.5. The van der Waals surface area contributed by atoms with Gasteiger partial charge in [0.25, 0.3) is 0 Å². The fourth-order valence-electron chi connectivity index (χ4n) is 4.05. The van der Waals surface area contributed by atoms with Gasteiger partial charge in [-0.2, -0.15) is 5.26 Å². The van der Waals surface area contributed by atoms with E-state index in [1.807, 2.05) is 61.5 Å². The molecule has 4 heteroatoms. The summed E-state index contributed by atoms with van der Waals surface area (Å²) in [6, 6.07) is 20.0. The first-order chi connectivity index (χ1) is 13.1. The number of rotatable bonds is 2. The Bertz CT molecular complexity index is 1010. The number of carbonyl (C=O) groups excluding carboxylic acids is 1. The van der Waals surface area contributed by atoms with Crippen molar-refractivity contribution in [1.82, 2.24) is 0 Å². The molecule has 1 aliphatic heterocycles. The van der Waals surface area contributed by atoms with Crippen molar-refractivity contribution in [2.45, 2.75) is 31.6 Å². The number of carbonyl (C=O) groups is 1. The van der Waals surface area contributed by atoms with Gasteiger partial charge in [-0.3, -0.25) is 4.79 Å². The van der Waals surface area contributed by atoms with Crippen LogP contribution in [-0.2, 0) is 9.53 Å². The molecule has 0 bridgehead atoms. The number of aryl methyl sites for hydroxylation is 1. The predicted octanol–water partition coefficient (Wildman–Crippen LogP) is 4.20. The van der Waals surface area contributed by atoms with Gasteiger partial charge < -0.3 is 10.5 Å². The Morgan fingerprint density at radius 3 is 2.52 bits per heavy atom. The zero-order valence-electron chi connectivity index (χ0n) is 15.1. The van der Waals surface area contributed by atoms with Crippen molar-refractivity contribution in [3.63, 3.8) is 0 Å². The summed E-state index contributed by atoms with van der Waals surface area (Å²) in [6.07, 6.45) is 1.01. The minimum Gasteiger partial charge on any atom is -0.444 e. The van der Waals surface area contributed by atoms with E-state index in [4.69, 9.17) is 10.5 Å². The van der Waals surface area contributed by atoms with Gasteiger partial charge in [0.2, 0.25) is 5.88 Å². The Labute approximate surface area is 158 Å². The number of nitrogens with zero attached hydrogens (tertiary/aromatic N) is 1. The lowest BCUT2D eigenvalue weighted by atomic mass is 9.73. The number of nitriles is 1. The summed E-state index contributed by atoms with van der Waals surface area (Å²) >= 11 is 0. The van der Waals surface area contributed by atoms with E-state index < -0.39 is 5.92 Å². The summed E-state index contributed by atoms with van der Waals surface area (Å²) in [7, 11) is 0. The SMILES string of the molecule is Cc1cccc([C@@H]2C(C#N)=C(N)OC3=C2C(=O)C[C@@H](c2ccccc2)C3)c1. The van der Waals surface area contributed by atoms with Gasteiger partial charge in [-0.15, -0.1) is 0 Å². The molecular weight excluding hydrogens is 336 g/mol. The molecule has 2 aliphatic rings. The van der Waals surface area contributed by atoms with Crippen LogP contribution in [0, 0.1) is 18.3 Å². The zero-order chi connectivity index (χ0) is 19.0. The van der Waals surface area contributed by atoms with Gasteiger partial charge in [0, 0.05) is 18.4 Å². The number of benzene rings is 2. The third kappa shape index (κ3) is 3.02. The van der Waals surface area contributed by atoms with Crippen molar-refractivity contribution in [2.24, 2.45) is 5.73 Å². The molecule has 4 rings (SSSR count). The van der Waals surface area contributed by atoms with Crippen molar-refractivity contribution in [2.75, 3.05) is 0 Å². The zero-order valence-corrected chi connectivity index (χ0v) is 15.1. The molecule has 0 unspecified atom stereocenters. The van der Waals surface area contributed by atoms with Gasteiger partial charge in [0.05, 0.1) is 5.92 Å². The molecule has 0 saturated heterocycles. The lowest BCUT2D eigenvalue weighted by Gasteiger charge is -2.34. The van der Waals surface area contributed by atoms with E-state index in [0.717, 1.165) is 16.7 Å². The molecule has 2 aromatic carbocycles. The lowest BCUT2D eigenvalue weighted by Crippen LogP contribution is -2.29. The molecular formula is C23H20N2O2. The minimum atomic E-state index is -0.456. The van der Waals surface area contributed by atoms with E-state index in [9.17, 15) is 10.1 Å². The fourth-order valence-corrected chi connectivity index (χ4v) is 4.05. The number of Topliss-reactive ketones (excluding diaryl/α,β-unsaturated/α-hetero) is 1. The maximum atomic E-state index is 13.1. The predicted molar refractivity (Wildman–Crippen MR) is 102 cm³/mol. The van der Waals surface area contributed by atoms with Crippen LogP contribution in [0.25, 0.3) is 0 Å². The largest absolute Gasteiger partial charge is 0.444 e. The topological polar surface area (TPSA) is 76.1 Å². The van der Waals surface area contributed by atoms with E-state index in [-0.39, 0.29) is 17.6 Å². The van der Waals surface area contributed by atoms with Gasteiger partial charge in [-0.1, -0.05) is 60.2 Å². The molecule has 2 atom stereocenters. The maximum Gasteiger partial charge on any atom is 0.205 e. The molecule has 0 spiro atoms. The van der Waals surface area contributed by atoms with Gasteiger partial charge in [0.15, 0.2) is 5.78 Å². The first kappa shape index (κ1) is 17.1. The first-order valence-corrected chi connectivity index (χ1v) is 9.04. The molecule has 134 valence electrons. The highest BCUT2D eigenvalue weighted by Crippen LogP contribution is 2.46. The molecule has 1 aliphatic carbocycles. The van der Waals surface area contributed by atoms with Crippen LogP contribution in [0.2, 0.25) is 0 Å². The summed E-state index contributed by atoms with van der Waals surface area (Å²) < 4.78 is 5.79. The molecule has 0 amide bonds. The summed E-state index contributed by atoms with van der Waals surface area (Å²) in [5.41, 5.74) is 10.1. The minimum absolute atomic E-state index is 0.0249. The highest BCUT2D eigenvalue weighted by molar-refractivity contribution is 6.00. The molecule has 2 N–H and O–H groups in total. The normalized spacial score (nSPS) is 22.1. The van der Waals surface area contributed by atoms with E-state index >= 15 is 0 Å². The van der Waals surface area contributed by atoms with E-state index in [1.165, 1.54) is 0 Å². The first-order valence-electron chi connectivity index (χ1n) is 9.04. The number of hydrogen-bond acceptors (Lipinski definition) is 4. The summed E-state index contributed by atoms with van der Waals surface area (Å²) in [5, 5.41) is 9.67. The van der Waals surface area contributed by atoms with E-state index in [2.05, 4.69) is 6.07 Å². The summed E-state index contributed by atoms with van der Waals surface area (Å²) in [6.45, 7) is 1.99. The van der Waals surface area contributed by atoms with Crippen LogP contribution in [-0.4, -0.2) is 5.78 Å². The van der Waals surface area contributed by atoms with Crippen LogP contribution in [0.3, 0.4) is 0 Å². The Balaban J connectivity index is 1.80. The van der Waals surface area contributed by atoms with E-state index in [1.54, 1.807) is 0 Å². The third-order valence-electron chi connectivity index (χ3n) is 5.31. The Kier molecular flexibility index (Phi) is 4.29. The van der Waals surface area contributed by atoms with Crippen LogP contribution >= 0.6 is 0 Å². The Morgan fingerprint density at radius 2 is 1.81 bits per heavy atom. The molecule has 0 aromatic heterocycles. The van der Waals surface area contributed by atoms with Crippen LogP contribution < -0.4 is 5.73 Å². The average molecular weight is 356 g/mol. The third-order valence-corrected chi connectivity index (χ3v) is 5.31. The monoisotopic (exact) mass is 356 g/mol. The molecule has 27 heavy (non-hydrogen) atoms. The van der Waals surface area contributed by atoms with Crippen molar-refractivity contribution in [3.8, 4) is 6.07 Å². The maximum absolute atomic E-state index is 13.1. The second kappa shape index (κ2) is 6.77. The van der Waals surface area contributed by atoms with Gasteiger partial charge in [0.1, 0.15) is 17.4 Å². The second-order valence-corrected chi connectivity index (χ2v) is 7.11. The van der Waals surface area contributed by atoms with Crippen molar-refractivity contribution < 1.29 is 9.53 Å². The van der Waals surface area contributed by atoms with Crippen molar-refractivity contribution >= 4 is 5.78 Å². The summed E-state index contributed by atoms with van der Waals surface area (Å²) in [5.74, 6) is 0.333. The van der Waals surface area contributed by atoms with Gasteiger partial charge in [-0.05, 0) is 24.0 Å². The highest BCUT2D eigenvalue weighted by Gasteiger charge is 2.40. The number of nitrogens with two attached hydrogens (primary N) is 1. The second-order valence-electron chi connectivity index (χ2n) is 7.11. The molecule has 2 aromatic rings. The van der Waals surface area contributed by atoms with Gasteiger partial charge >= 0.3 is 0 Å². The van der Waals surface area contributed by atoms with Crippen LogP contribution in [0.1, 0.15) is 41.4 Å². The quantitative estimate of drug-likeness (QED) is 0.875. The molecule has 1 heterocycles. The molecule has 4 nitrogen and oxygen atoms in total. The molecule has 0 radical (unpaired) electrons. The number of hydrogen-bond donors (Lipinski definition) is 1. The fraction of sp³-hybridized carbons (Fsp3) is 0.217. The van der Waals surface area contributed by atoms with Crippen molar-refractivity contribution in [3.05, 3.63) is 94.1 Å². The molecule has 0 saturated carbocycles. The van der Waals surface area contributed by atoms with Crippen LogP contribution in [0.15, 0.2) is 77.4 Å². The lowest BCUT2D eigenvalue weighted by molar-refractivity contribution is -0.117. The van der Waals surface area contributed by atoms with E-state index in [0.29, 0.717) is 29.7 Å². The number of allylic oxidation sites excluding steroid dienone is 3. The van der Waals surface area contributed by atoms with Crippen molar-refractivity contribution in [1.29, 1.82) is 5.26 Å². The molecule has 0 fully saturated rings. The standard InChI is InChI=1S/C23H20N2O2/c1-14-6-5-9-16(10-14)21-18(13-24)23(25)27-20-12-17(11-19(26)22(20)21)15-7-3-2-4-8-15/h2-10,17,21H,11-12,25H2,1H3/t17-,21-/m1/s1. The van der Waals surface area contributed by atoms with Crippen LogP contribution in [0.4, 0.5) is 0 Å². The number of ether oxygens (including phenoxy) is 1. The Hall–Kier alpha value is -3.32. The number of ketones is 1. The van der Waals surface area contributed by atoms with Gasteiger partial charge in [-0.25, -0.2) is 0 Å². The smallest absolute Gasteiger partial charge is 0.205 e.